The lowest BCUT2D eigenvalue weighted by atomic mass is 9.95. The second kappa shape index (κ2) is 17.6. The Morgan fingerprint density at radius 3 is 2.47 bits per heavy atom. The summed E-state index contributed by atoms with van der Waals surface area (Å²) in [6.07, 6.45) is 0.635. The fraction of sp³-hybridized carbons (Fsp3) is 0.200. The first-order chi connectivity index (χ1) is 20.8. The Bertz CT molecular complexity index is 1490. The highest BCUT2D eigenvalue weighted by atomic mass is 31.2. The van der Waals surface area contributed by atoms with Gasteiger partial charge in [0.2, 0.25) is 6.41 Å². The van der Waals surface area contributed by atoms with Gasteiger partial charge in [-0.25, -0.2) is 4.31 Å². The van der Waals surface area contributed by atoms with Crippen LogP contribution in [-0.2, 0) is 25.0 Å². The van der Waals surface area contributed by atoms with Gasteiger partial charge in [-0.1, -0.05) is 43.0 Å². The van der Waals surface area contributed by atoms with Crippen LogP contribution in [0.1, 0.15) is 22.4 Å². The van der Waals surface area contributed by atoms with E-state index in [4.69, 9.17) is 28.6 Å². The molecule has 11 nitrogen and oxygen atoms in total. The predicted molar refractivity (Wildman–Crippen MR) is 169 cm³/mol. The number of hydrogen-bond acceptors (Lipinski definition) is 10. The number of hydrogen-bond donors (Lipinski definition) is 4. The van der Waals surface area contributed by atoms with Gasteiger partial charge in [0.05, 0.1) is 31.5 Å². The highest BCUT2D eigenvalue weighted by Gasteiger charge is 2.18. The SMILES string of the molecule is C=C(c1ccc(OC)c(NC=O)c1)c1cc(C)nc2ccccc12.COCc1ccc(OP(O)OP(O)OCCN)cc1. The van der Waals surface area contributed by atoms with E-state index in [1.165, 1.54) is 0 Å². The molecule has 0 saturated heterocycles. The molecule has 0 spiro atoms. The van der Waals surface area contributed by atoms with Crippen LogP contribution < -0.4 is 20.3 Å². The van der Waals surface area contributed by atoms with Crippen molar-refractivity contribution >= 4 is 45.8 Å². The first kappa shape index (κ1) is 34.0. The number of pyridine rings is 1. The van der Waals surface area contributed by atoms with Crippen LogP contribution in [0.3, 0.4) is 0 Å². The fourth-order valence-corrected chi connectivity index (χ4v) is 5.28. The average Bonchev–Trinajstić information content (AvgIpc) is 3.00. The zero-order chi connectivity index (χ0) is 31.2. The van der Waals surface area contributed by atoms with Gasteiger partial charge in [-0.05, 0) is 65.6 Å². The van der Waals surface area contributed by atoms with Crippen LogP contribution in [0.25, 0.3) is 16.5 Å². The molecule has 1 amide bonds. The van der Waals surface area contributed by atoms with E-state index in [1.54, 1.807) is 38.5 Å². The normalized spacial score (nSPS) is 12.0. The number of para-hydroxylation sites is 1. The third-order valence-corrected chi connectivity index (χ3v) is 7.70. The number of anilines is 1. The largest absolute Gasteiger partial charge is 0.495 e. The fourth-order valence-electron chi connectivity index (χ4n) is 3.92. The van der Waals surface area contributed by atoms with Crippen molar-refractivity contribution in [1.29, 1.82) is 0 Å². The van der Waals surface area contributed by atoms with Crippen molar-refractivity contribution in [3.05, 3.63) is 102 Å². The van der Waals surface area contributed by atoms with Crippen LogP contribution in [0.2, 0.25) is 0 Å². The van der Waals surface area contributed by atoms with Crippen molar-refractivity contribution in [2.45, 2.75) is 13.5 Å². The summed E-state index contributed by atoms with van der Waals surface area (Å²) in [4.78, 5) is 34.1. The molecular weight excluding hydrogens is 592 g/mol. The van der Waals surface area contributed by atoms with Gasteiger partial charge in [0.25, 0.3) is 0 Å². The Labute approximate surface area is 253 Å². The van der Waals surface area contributed by atoms with Crippen LogP contribution in [0.15, 0.2) is 79.4 Å². The van der Waals surface area contributed by atoms with Gasteiger partial charge in [0, 0.05) is 24.7 Å². The minimum Gasteiger partial charge on any atom is -0.495 e. The highest BCUT2D eigenvalue weighted by Crippen LogP contribution is 2.49. The van der Waals surface area contributed by atoms with Gasteiger partial charge in [0.15, 0.2) is 0 Å². The molecule has 228 valence electrons. The second-order valence-electron chi connectivity index (χ2n) is 8.83. The van der Waals surface area contributed by atoms with E-state index in [0.29, 0.717) is 30.2 Å². The monoisotopic (exact) mass is 627 g/mol. The maximum Gasteiger partial charge on any atom is 0.401 e. The van der Waals surface area contributed by atoms with Gasteiger partial charge in [-0.15, -0.1) is 0 Å². The third-order valence-electron chi connectivity index (χ3n) is 5.81. The van der Waals surface area contributed by atoms with Crippen molar-refractivity contribution in [2.75, 3.05) is 32.7 Å². The van der Waals surface area contributed by atoms with Gasteiger partial charge < -0.3 is 39.4 Å². The molecular formula is C30H35N3O8P2. The highest BCUT2D eigenvalue weighted by molar-refractivity contribution is 7.54. The van der Waals surface area contributed by atoms with Gasteiger partial charge in [-0.3, -0.25) is 9.78 Å². The summed E-state index contributed by atoms with van der Waals surface area (Å²) in [5, 5.41) is 3.71. The number of amides is 1. The molecule has 43 heavy (non-hydrogen) atoms. The molecule has 0 radical (unpaired) electrons. The summed E-state index contributed by atoms with van der Waals surface area (Å²) in [6.45, 7) is 7.13. The molecule has 4 rings (SSSR count). The number of nitrogens with one attached hydrogen (secondary N) is 1. The van der Waals surface area contributed by atoms with E-state index in [9.17, 15) is 14.6 Å². The number of ether oxygens (including phenoxy) is 2. The van der Waals surface area contributed by atoms with E-state index in [1.807, 2.05) is 55.5 Å². The van der Waals surface area contributed by atoms with Crippen molar-refractivity contribution in [3.8, 4) is 11.5 Å². The number of fused-ring (bicyclic) bond motifs is 1. The summed E-state index contributed by atoms with van der Waals surface area (Å²) in [6, 6.07) is 22.6. The molecule has 3 aromatic carbocycles. The van der Waals surface area contributed by atoms with Crippen molar-refractivity contribution < 1.29 is 37.4 Å². The summed E-state index contributed by atoms with van der Waals surface area (Å²) in [5.41, 5.74) is 11.5. The number of methoxy groups -OCH3 is 2. The third kappa shape index (κ3) is 10.3. The van der Waals surface area contributed by atoms with Crippen molar-refractivity contribution in [2.24, 2.45) is 5.73 Å². The molecule has 1 aromatic heterocycles. The maximum absolute atomic E-state index is 10.8. The molecule has 13 heteroatoms. The second-order valence-corrected chi connectivity index (χ2v) is 10.9. The lowest BCUT2D eigenvalue weighted by molar-refractivity contribution is -0.105. The van der Waals surface area contributed by atoms with Gasteiger partial charge in [0.1, 0.15) is 11.5 Å². The van der Waals surface area contributed by atoms with Crippen molar-refractivity contribution in [1.82, 2.24) is 4.98 Å². The molecule has 2 unspecified atom stereocenters. The molecule has 0 aliphatic heterocycles. The molecule has 0 aliphatic rings. The summed E-state index contributed by atoms with van der Waals surface area (Å²) >= 11 is 0. The van der Waals surface area contributed by atoms with E-state index >= 15 is 0 Å². The first-order valence-electron chi connectivity index (χ1n) is 13.0. The van der Waals surface area contributed by atoms with Crippen LogP contribution in [0, 0.1) is 6.92 Å². The number of benzene rings is 3. The molecule has 0 bridgehead atoms. The van der Waals surface area contributed by atoms with E-state index < -0.39 is 17.2 Å². The van der Waals surface area contributed by atoms with Crippen LogP contribution in [0.5, 0.6) is 11.5 Å². The van der Waals surface area contributed by atoms with Gasteiger partial charge in [-0.2, -0.15) is 0 Å². The minimum atomic E-state index is -2.25. The smallest absolute Gasteiger partial charge is 0.401 e. The standard InChI is InChI=1S/C20H18N2O2.C10H17NO6P2/c1-13-10-17(16-6-4-5-7-18(16)22-13)14(2)15-8-9-20(24-3)19(11-15)21-12-23;1-14-8-9-2-4-10(5-3-9)16-19(13)17-18(12)15-7-6-11/h4-12H,2H2,1,3H3,(H,21,23);2-5,12-13H,6-8,11H2,1H3. The number of carbonyl (C=O) groups excluding carboxylic acids is 1. The Morgan fingerprint density at radius 1 is 1.05 bits per heavy atom. The number of carbonyl (C=O) groups is 1. The molecule has 4 aromatic rings. The van der Waals surface area contributed by atoms with Gasteiger partial charge >= 0.3 is 17.2 Å². The molecule has 0 saturated carbocycles. The molecule has 0 fully saturated rings. The Morgan fingerprint density at radius 2 is 1.79 bits per heavy atom. The predicted octanol–water partition coefficient (Wildman–Crippen LogP) is 5.82. The topological polar surface area (TPSA) is 155 Å². The average molecular weight is 628 g/mol. The summed E-state index contributed by atoms with van der Waals surface area (Å²) in [5.74, 6) is 1.03. The number of aromatic nitrogens is 1. The number of nitrogens with zero attached hydrogens (tertiary/aromatic N) is 1. The summed E-state index contributed by atoms with van der Waals surface area (Å²) < 4.78 is 24.9. The quantitative estimate of drug-likeness (QED) is 0.0993. The van der Waals surface area contributed by atoms with Crippen molar-refractivity contribution in [3.63, 3.8) is 0 Å². The number of nitrogens with two attached hydrogens (primary N) is 1. The Balaban J connectivity index is 0.000000243. The van der Waals surface area contributed by atoms with Crippen LogP contribution in [-0.4, -0.2) is 48.6 Å². The molecule has 2 atom stereocenters. The van der Waals surface area contributed by atoms with Crippen LogP contribution >= 0.6 is 17.2 Å². The summed E-state index contributed by atoms with van der Waals surface area (Å²) in [7, 11) is -1.25. The molecule has 0 aliphatic carbocycles. The Hall–Kier alpha value is -3.50. The zero-order valence-electron chi connectivity index (χ0n) is 24.1. The zero-order valence-corrected chi connectivity index (χ0v) is 25.9. The van der Waals surface area contributed by atoms with Crippen LogP contribution in [0.4, 0.5) is 5.69 Å². The maximum atomic E-state index is 10.8. The first-order valence-corrected chi connectivity index (χ1v) is 15.2. The van der Waals surface area contributed by atoms with E-state index in [-0.39, 0.29) is 13.2 Å². The number of aryl methyl sites for hydroxylation is 1. The molecule has 1 heterocycles. The minimum absolute atomic E-state index is 0.150. The molecule has 5 N–H and O–H groups in total. The van der Waals surface area contributed by atoms with E-state index in [2.05, 4.69) is 16.9 Å². The lowest BCUT2D eigenvalue weighted by Crippen LogP contribution is -2.06. The number of rotatable bonds is 14. The lowest BCUT2D eigenvalue weighted by Gasteiger charge is -2.14. The Kier molecular flexibility index (Phi) is 13.9. The van der Waals surface area contributed by atoms with E-state index in [0.717, 1.165) is 38.9 Å².